The monoisotopic (exact) mass is 288 g/mol. The molecule has 2 aromatic heterocycles. The van der Waals surface area contributed by atoms with Gasteiger partial charge in [0.1, 0.15) is 5.01 Å². The Bertz CT molecular complexity index is 782. The summed E-state index contributed by atoms with van der Waals surface area (Å²) < 4.78 is 0. The topological polar surface area (TPSA) is 42.9 Å². The fourth-order valence-electron chi connectivity index (χ4n) is 1.87. The van der Waals surface area contributed by atoms with E-state index in [-0.39, 0.29) is 5.78 Å². The average Bonchev–Trinajstić information content (AvgIpc) is 2.89. The third kappa shape index (κ3) is 2.13. The van der Waals surface area contributed by atoms with Crippen LogP contribution >= 0.6 is 22.9 Å². The van der Waals surface area contributed by atoms with Gasteiger partial charge in [-0.1, -0.05) is 11.6 Å². The Kier molecular flexibility index (Phi) is 3.05. The summed E-state index contributed by atoms with van der Waals surface area (Å²) in [7, 11) is 0. The largest absolute Gasteiger partial charge is 0.294 e. The van der Waals surface area contributed by atoms with Crippen molar-refractivity contribution in [2.45, 2.75) is 6.92 Å². The van der Waals surface area contributed by atoms with Gasteiger partial charge in [0.05, 0.1) is 15.4 Å². The Hall–Kier alpha value is -1.78. The van der Waals surface area contributed by atoms with E-state index >= 15 is 0 Å². The molecule has 0 aliphatic heterocycles. The van der Waals surface area contributed by atoms with Crippen LogP contribution in [-0.2, 0) is 0 Å². The molecule has 0 bridgehead atoms. The van der Waals surface area contributed by atoms with Crippen molar-refractivity contribution in [1.29, 1.82) is 0 Å². The molecule has 2 heterocycles. The van der Waals surface area contributed by atoms with E-state index in [0.717, 1.165) is 21.5 Å². The van der Waals surface area contributed by atoms with Crippen LogP contribution in [0.2, 0.25) is 5.02 Å². The molecule has 19 heavy (non-hydrogen) atoms. The zero-order valence-electron chi connectivity index (χ0n) is 10.1. The lowest BCUT2D eigenvalue weighted by molar-refractivity contribution is 0.102. The molecule has 0 radical (unpaired) electrons. The van der Waals surface area contributed by atoms with E-state index in [1.54, 1.807) is 12.4 Å². The second-order valence-electron chi connectivity index (χ2n) is 4.08. The summed E-state index contributed by atoms with van der Waals surface area (Å²) in [6.45, 7) is 1.54. The van der Waals surface area contributed by atoms with Crippen molar-refractivity contribution < 1.29 is 4.79 Å². The highest BCUT2D eigenvalue weighted by Gasteiger charge is 2.12. The number of nitrogens with zero attached hydrogens (tertiary/aromatic N) is 2. The van der Waals surface area contributed by atoms with Gasteiger partial charge in [-0.15, -0.1) is 11.3 Å². The number of thiazole rings is 1. The SMILES string of the molecule is CC(=O)c1cnc(-c2ccc(Cl)c3cccnc23)s1. The van der Waals surface area contributed by atoms with E-state index in [2.05, 4.69) is 9.97 Å². The van der Waals surface area contributed by atoms with Gasteiger partial charge in [0.25, 0.3) is 0 Å². The van der Waals surface area contributed by atoms with Gasteiger partial charge >= 0.3 is 0 Å². The van der Waals surface area contributed by atoms with Gasteiger partial charge in [0.2, 0.25) is 0 Å². The van der Waals surface area contributed by atoms with Crippen molar-refractivity contribution in [3.05, 3.63) is 46.6 Å². The molecule has 0 amide bonds. The summed E-state index contributed by atoms with van der Waals surface area (Å²) in [6.07, 6.45) is 3.33. The van der Waals surface area contributed by atoms with Gasteiger partial charge in [0.15, 0.2) is 5.78 Å². The van der Waals surface area contributed by atoms with Crippen molar-refractivity contribution in [1.82, 2.24) is 9.97 Å². The molecule has 0 fully saturated rings. The first-order chi connectivity index (χ1) is 9.16. The number of pyridine rings is 1. The van der Waals surface area contributed by atoms with Gasteiger partial charge < -0.3 is 0 Å². The minimum Gasteiger partial charge on any atom is -0.294 e. The fourth-order valence-corrected chi connectivity index (χ4v) is 2.92. The van der Waals surface area contributed by atoms with Crippen LogP contribution in [0.3, 0.4) is 0 Å². The highest BCUT2D eigenvalue weighted by atomic mass is 35.5. The first-order valence-electron chi connectivity index (χ1n) is 5.67. The van der Waals surface area contributed by atoms with Crippen LogP contribution < -0.4 is 0 Å². The molecule has 0 unspecified atom stereocenters. The number of carbonyl (C=O) groups is 1. The van der Waals surface area contributed by atoms with E-state index in [9.17, 15) is 4.79 Å². The van der Waals surface area contributed by atoms with Gasteiger partial charge in [-0.2, -0.15) is 0 Å². The van der Waals surface area contributed by atoms with E-state index in [0.29, 0.717) is 9.90 Å². The molecule has 0 saturated carbocycles. The van der Waals surface area contributed by atoms with E-state index < -0.39 is 0 Å². The highest BCUT2D eigenvalue weighted by Crippen LogP contribution is 2.33. The zero-order valence-corrected chi connectivity index (χ0v) is 11.6. The lowest BCUT2D eigenvalue weighted by atomic mass is 10.1. The van der Waals surface area contributed by atoms with Crippen LogP contribution in [0.4, 0.5) is 0 Å². The maximum Gasteiger partial charge on any atom is 0.171 e. The molecule has 3 aromatic rings. The number of hydrogen-bond donors (Lipinski definition) is 0. The van der Waals surface area contributed by atoms with Crippen LogP contribution in [0.5, 0.6) is 0 Å². The molecule has 0 aliphatic rings. The van der Waals surface area contributed by atoms with E-state index in [1.165, 1.54) is 18.3 Å². The van der Waals surface area contributed by atoms with Crippen LogP contribution in [0.15, 0.2) is 36.7 Å². The summed E-state index contributed by atoms with van der Waals surface area (Å²) in [5.41, 5.74) is 1.71. The molecule has 0 spiro atoms. The van der Waals surface area contributed by atoms with Crippen molar-refractivity contribution in [2.75, 3.05) is 0 Å². The number of rotatable bonds is 2. The number of Topliss-reactive ketones (excluding diaryl/α,β-unsaturated/α-hetero) is 1. The van der Waals surface area contributed by atoms with Crippen LogP contribution in [0.1, 0.15) is 16.6 Å². The lowest BCUT2D eigenvalue weighted by Gasteiger charge is -2.04. The average molecular weight is 289 g/mol. The van der Waals surface area contributed by atoms with Crippen molar-refractivity contribution >= 4 is 39.6 Å². The van der Waals surface area contributed by atoms with Crippen molar-refractivity contribution in [3.63, 3.8) is 0 Å². The molecule has 0 atom stereocenters. The number of hydrogen-bond acceptors (Lipinski definition) is 4. The summed E-state index contributed by atoms with van der Waals surface area (Å²) in [4.78, 5) is 20.7. The number of carbonyl (C=O) groups excluding carboxylic acids is 1. The number of aromatic nitrogens is 2. The van der Waals surface area contributed by atoms with Crippen LogP contribution in [0.25, 0.3) is 21.5 Å². The molecule has 0 N–H and O–H groups in total. The lowest BCUT2D eigenvalue weighted by Crippen LogP contribution is -1.84. The number of fused-ring (bicyclic) bond motifs is 1. The maximum absolute atomic E-state index is 11.3. The Balaban J connectivity index is 2.24. The third-order valence-corrected chi connectivity index (χ3v) is 4.26. The van der Waals surface area contributed by atoms with E-state index in [4.69, 9.17) is 11.6 Å². The van der Waals surface area contributed by atoms with Crippen molar-refractivity contribution in [3.8, 4) is 10.6 Å². The Labute approximate surface area is 118 Å². The Morgan fingerprint density at radius 2 is 2.11 bits per heavy atom. The van der Waals surface area contributed by atoms with Gasteiger partial charge in [-0.25, -0.2) is 4.98 Å². The molecule has 94 valence electrons. The Morgan fingerprint density at radius 1 is 1.26 bits per heavy atom. The number of ketones is 1. The molecular weight excluding hydrogens is 280 g/mol. The van der Waals surface area contributed by atoms with Gasteiger partial charge in [-0.3, -0.25) is 9.78 Å². The Morgan fingerprint density at radius 3 is 2.84 bits per heavy atom. The quantitative estimate of drug-likeness (QED) is 0.663. The van der Waals surface area contributed by atoms with Crippen LogP contribution in [-0.4, -0.2) is 15.8 Å². The second-order valence-corrected chi connectivity index (χ2v) is 5.52. The standard InChI is InChI=1S/C14H9ClN2OS/c1-8(18)12-7-17-14(19-12)10-4-5-11(15)9-3-2-6-16-13(9)10/h2-7H,1H3. The smallest absolute Gasteiger partial charge is 0.171 e. The number of benzene rings is 1. The molecular formula is C14H9ClN2OS. The maximum atomic E-state index is 11.3. The van der Waals surface area contributed by atoms with Crippen molar-refractivity contribution in [2.24, 2.45) is 0 Å². The fraction of sp³-hybridized carbons (Fsp3) is 0.0714. The van der Waals surface area contributed by atoms with E-state index in [1.807, 2.05) is 24.3 Å². The minimum atomic E-state index is 0.0231. The van der Waals surface area contributed by atoms with Gasteiger partial charge in [0, 0.05) is 30.3 Å². The predicted molar refractivity (Wildman–Crippen MR) is 77.9 cm³/mol. The zero-order chi connectivity index (χ0) is 13.4. The molecule has 1 aromatic carbocycles. The molecule has 3 rings (SSSR count). The summed E-state index contributed by atoms with van der Waals surface area (Å²) in [5.74, 6) is 0.0231. The first kappa shape index (κ1) is 12.3. The number of halogens is 1. The van der Waals surface area contributed by atoms with Crippen LogP contribution in [0, 0.1) is 0 Å². The minimum absolute atomic E-state index is 0.0231. The molecule has 0 saturated heterocycles. The molecule has 5 heteroatoms. The summed E-state index contributed by atoms with van der Waals surface area (Å²) in [5, 5.41) is 2.34. The first-order valence-corrected chi connectivity index (χ1v) is 6.86. The second kappa shape index (κ2) is 4.72. The third-order valence-electron chi connectivity index (χ3n) is 2.80. The summed E-state index contributed by atoms with van der Waals surface area (Å²) in [6, 6.07) is 7.49. The predicted octanol–water partition coefficient (Wildman–Crippen LogP) is 4.21. The molecule has 3 nitrogen and oxygen atoms in total. The van der Waals surface area contributed by atoms with Gasteiger partial charge in [-0.05, 0) is 24.3 Å². The highest BCUT2D eigenvalue weighted by molar-refractivity contribution is 7.17. The summed E-state index contributed by atoms with van der Waals surface area (Å²) >= 11 is 7.53. The normalized spacial score (nSPS) is 10.8. The molecule has 0 aliphatic carbocycles.